The zero-order valence-electron chi connectivity index (χ0n) is 8.09. The molecule has 5 heteroatoms. The smallest absolute Gasteiger partial charge is 0.140 e. The van der Waals surface area contributed by atoms with E-state index in [-0.39, 0.29) is 24.8 Å². The first kappa shape index (κ1) is 12.3. The number of halogens is 2. The minimum Gasteiger partial charge on any atom is -0.327 e. The highest BCUT2D eigenvalue weighted by Gasteiger charge is 2.21. The molecule has 3 aliphatic rings. The second-order valence-electron chi connectivity index (χ2n) is 3.45. The maximum absolute atomic E-state index is 4.36. The number of nitrogens with zero attached hydrogens (tertiary/aromatic N) is 2. The molecule has 0 saturated carbocycles. The number of rotatable bonds is 1. The molecule has 1 fully saturated rings. The van der Waals surface area contributed by atoms with Crippen LogP contribution in [-0.2, 0) is 0 Å². The summed E-state index contributed by atoms with van der Waals surface area (Å²) in [6.45, 7) is 2.13. The largest absolute Gasteiger partial charge is 0.327 e. The molecule has 3 heterocycles. The fraction of sp³-hybridized carbons (Fsp3) is 0.300. The zero-order valence-corrected chi connectivity index (χ0v) is 9.72. The van der Waals surface area contributed by atoms with Crippen LogP contribution in [0.15, 0.2) is 30.6 Å². The van der Waals surface area contributed by atoms with Crippen LogP contribution >= 0.6 is 24.8 Å². The fourth-order valence-corrected chi connectivity index (χ4v) is 1.76. The molecule has 0 bridgehead atoms. The number of nitrogens with one attached hydrogen (secondary N) is 1. The van der Waals surface area contributed by atoms with Crippen molar-refractivity contribution in [3.8, 4) is 11.4 Å². The van der Waals surface area contributed by atoms with E-state index in [2.05, 4.69) is 39.3 Å². The molecule has 15 heavy (non-hydrogen) atoms. The Labute approximate surface area is 101 Å². The van der Waals surface area contributed by atoms with Gasteiger partial charge in [0.25, 0.3) is 0 Å². The fourth-order valence-electron chi connectivity index (χ4n) is 1.76. The summed E-state index contributed by atoms with van der Waals surface area (Å²) in [5.74, 6) is 1.11. The van der Waals surface area contributed by atoms with Gasteiger partial charge in [-0.3, -0.25) is 0 Å². The molecule has 82 valence electrons. The summed E-state index contributed by atoms with van der Waals surface area (Å²) in [5.41, 5.74) is 1.23. The van der Waals surface area contributed by atoms with Gasteiger partial charge >= 0.3 is 0 Å². The Morgan fingerprint density at radius 1 is 1.27 bits per heavy atom. The van der Waals surface area contributed by atoms with Crippen LogP contribution in [0.25, 0.3) is 11.4 Å². The second-order valence-corrected chi connectivity index (χ2v) is 3.45. The van der Waals surface area contributed by atoms with E-state index < -0.39 is 0 Å². The van der Waals surface area contributed by atoms with Crippen molar-refractivity contribution in [1.29, 1.82) is 0 Å². The molecule has 0 spiro atoms. The first-order valence-corrected chi connectivity index (χ1v) is 4.57. The molecule has 1 saturated heterocycles. The van der Waals surface area contributed by atoms with Crippen LogP contribution in [0, 0.1) is 0 Å². The van der Waals surface area contributed by atoms with Crippen LogP contribution in [0.2, 0.25) is 0 Å². The highest BCUT2D eigenvalue weighted by Crippen LogP contribution is 2.24. The maximum Gasteiger partial charge on any atom is 0.140 e. The highest BCUT2D eigenvalue weighted by molar-refractivity contribution is 5.85. The van der Waals surface area contributed by atoms with Gasteiger partial charge in [-0.15, -0.1) is 24.8 Å². The van der Waals surface area contributed by atoms with E-state index in [4.69, 9.17) is 0 Å². The third kappa shape index (κ3) is 1.95. The van der Waals surface area contributed by atoms with Crippen LogP contribution in [0.1, 0.15) is 6.04 Å². The van der Waals surface area contributed by atoms with Gasteiger partial charge in [-0.25, -0.2) is 4.98 Å². The average molecular weight is 246 g/mol. The molecule has 0 atom stereocenters. The summed E-state index contributed by atoms with van der Waals surface area (Å²) in [6.07, 6.45) is 3.98. The Balaban J connectivity index is 0.000000562. The Kier molecular flexibility index (Phi) is 3.97. The minimum absolute atomic E-state index is 0. The van der Waals surface area contributed by atoms with E-state index in [1.165, 1.54) is 5.56 Å². The third-order valence-electron chi connectivity index (χ3n) is 2.63. The van der Waals surface area contributed by atoms with E-state index in [0.717, 1.165) is 18.9 Å². The number of aromatic nitrogens is 2. The molecular formula is C10H13Cl2N3. The molecular weight excluding hydrogens is 233 g/mol. The normalized spacial score (nSPS) is 15.2. The first-order valence-electron chi connectivity index (χ1n) is 4.57. The Bertz CT molecular complexity index is 398. The monoisotopic (exact) mass is 245 g/mol. The summed E-state index contributed by atoms with van der Waals surface area (Å²) < 4.78 is 2.26. The summed E-state index contributed by atoms with van der Waals surface area (Å²) in [5, 5.41) is 3.27. The first-order chi connectivity index (χ1) is 6.45. The van der Waals surface area contributed by atoms with Gasteiger partial charge in [0.05, 0.1) is 6.04 Å². The standard InChI is InChI=1S/C10H11N3.2ClH/c1-2-8-3-4-12-10(8)13(5-1)9-6-11-7-9;;/h1-5,9,11H,6-7H2;2*1H. The zero-order chi connectivity index (χ0) is 8.67. The van der Waals surface area contributed by atoms with Gasteiger partial charge in [0.1, 0.15) is 5.82 Å². The molecule has 0 radical (unpaired) electrons. The highest BCUT2D eigenvalue weighted by atomic mass is 35.5. The van der Waals surface area contributed by atoms with Crippen LogP contribution in [0.4, 0.5) is 0 Å². The lowest BCUT2D eigenvalue weighted by Gasteiger charge is -2.31. The van der Waals surface area contributed by atoms with Gasteiger partial charge in [-0.2, -0.15) is 0 Å². The summed E-state index contributed by atoms with van der Waals surface area (Å²) >= 11 is 0. The van der Waals surface area contributed by atoms with Gasteiger partial charge in [-0.05, 0) is 18.2 Å². The summed E-state index contributed by atoms with van der Waals surface area (Å²) in [4.78, 5) is 4.36. The lowest BCUT2D eigenvalue weighted by Crippen LogP contribution is -2.43. The molecule has 1 N–H and O–H groups in total. The molecule has 0 aromatic heterocycles. The van der Waals surface area contributed by atoms with Crippen molar-refractivity contribution >= 4 is 24.8 Å². The van der Waals surface area contributed by atoms with Crippen molar-refractivity contribution in [2.24, 2.45) is 0 Å². The van der Waals surface area contributed by atoms with Crippen molar-refractivity contribution in [2.75, 3.05) is 13.1 Å². The van der Waals surface area contributed by atoms with Gasteiger partial charge in [0.2, 0.25) is 0 Å². The van der Waals surface area contributed by atoms with Gasteiger partial charge in [0, 0.05) is 31.0 Å². The van der Waals surface area contributed by atoms with Gasteiger partial charge < -0.3 is 9.88 Å². The molecule has 0 aliphatic carbocycles. The van der Waals surface area contributed by atoms with E-state index in [1.54, 1.807) is 0 Å². The van der Waals surface area contributed by atoms with E-state index in [9.17, 15) is 0 Å². The molecule has 3 rings (SSSR count). The number of hydrogen-bond donors (Lipinski definition) is 1. The van der Waals surface area contributed by atoms with Crippen molar-refractivity contribution in [2.45, 2.75) is 6.04 Å². The van der Waals surface area contributed by atoms with E-state index in [1.807, 2.05) is 6.20 Å². The number of hydrogen-bond acceptors (Lipinski definition) is 2. The van der Waals surface area contributed by atoms with Crippen molar-refractivity contribution in [3.63, 3.8) is 0 Å². The number of pyridine rings is 1. The van der Waals surface area contributed by atoms with Crippen LogP contribution in [-0.4, -0.2) is 22.6 Å². The van der Waals surface area contributed by atoms with Crippen LogP contribution in [0.3, 0.4) is 0 Å². The molecule has 0 aromatic carbocycles. The topological polar surface area (TPSA) is 29.9 Å². The Hall–Kier alpha value is -0.770. The maximum atomic E-state index is 4.36. The van der Waals surface area contributed by atoms with Gasteiger partial charge in [-0.1, -0.05) is 0 Å². The predicted molar refractivity (Wildman–Crippen MR) is 65.3 cm³/mol. The SMILES string of the molecule is Cl.Cl.c1cc2ccnc-2n(C2CNC2)c1. The predicted octanol–water partition coefficient (Wildman–Crippen LogP) is 1.98. The lowest BCUT2D eigenvalue weighted by molar-refractivity contribution is 0.343. The molecule has 0 unspecified atom stereocenters. The van der Waals surface area contributed by atoms with Gasteiger partial charge in [0.15, 0.2) is 0 Å². The summed E-state index contributed by atoms with van der Waals surface area (Å²) in [7, 11) is 0. The van der Waals surface area contributed by atoms with Crippen molar-refractivity contribution in [3.05, 3.63) is 30.6 Å². The molecule has 3 aliphatic heterocycles. The molecule has 0 aromatic rings. The second kappa shape index (κ2) is 4.84. The molecule has 0 amide bonds. The quantitative estimate of drug-likeness (QED) is 0.833. The third-order valence-corrected chi connectivity index (χ3v) is 2.63. The van der Waals surface area contributed by atoms with Crippen molar-refractivity contribution in [1.82, 2.24) is 14.9 Å². The van der Waals surface area contributed by atoms with E-state index >= 15 is 0 Å². The number of fused-ring (bicyclic) bond motifs is 1. The van der Waals surface area contributed by atoms with Crippen LogP contribution in [0.5, 0.6) is 0 Å². The molecule has 3 nitrogen and oxygen atoms in total. The van der Waals surface area contributed by atoms with Crippen molar-refractivity contribution < 1.29 is 0 Å². The minimum atomic E-state index is 0. The van der Waals surface area contributed by atoms with E-state index in [0.29, 0.717) is 6.04 Å². The average Bonchev–Trinajstić information content (AvgIpc) is 2.49. The Morgan fingerprint density at radius 3 is 2.73 bits per heavy atom. The Morgan fingerprint density at radius 2 is 2.07 bits per heavy atom. The van der Waals surface area contributed by atoms with Crippen LogP contribution < -0.4 is 5.32 Å². The summed E-state index contributed by atoms with van der Waals surface area (Å²) in [6, 6.07) is 6.84. The lowest BCUT2D eigenvalue weighted by atomic mass is 10.1.